The second-order valence-corrected chi connectivity index (χ2v) is 8.58. The van der Waals surface area contributed by atoms with Crippen LogP contribution in [-0.4, -0.2) is 28.5 Å². The van der Waals surface area contributed by atoms with Gasteiger partial charge in [0.25, 0.3) is 11.5 Å². The van der Waals surface area contributed by atoms with Crippen molar-refractivity contribution in [1.29, 1.82) is 0 Å². The maximum atomic E-state index is 13.1. The van der Waals surface area contributed by atoms with Crippen molar-refractivity contribution in [2.75, 3.05) is 12.4 Å². The highest BCUT2D eigenvalue weighted by molar-refractivity contribution is 7.20. The Morgan fingerprint density at radius 1 is 1.27 bits per heavy atom. The van der Waals surface area contributed by atoms with Crippen LogP contribution in [0, 0.1) is 6.92 Å². The molecule has 2 aromatic heterocycles. The number of benzene rings is 1. The number of rotatable bonds is 3. The Labute approximate surface area is 181 Å². The van der Waals surface area contributed by atoms with E-state index in [2.05, 4.69) is 10.3 Å². The summed E-state index contributed by atoms with van der Waals surface area (Å²) in [5.41, 5.74) is 1.08. The van der Waals surface area contributed by atoms with Crippen molar-refractivity contribution in [3.05, 3.63) is 55.4 Å². The van der Waals surface area contributed by atoms with Crippen LogP contribution in [0.25, 0.3) is 10.2 Å². The van der Waals surface area contributed by atoms with E-state index in [9.17, 15) is 14.4 Å². The molecule has 0 atom stereocenters. The van der Waals surface area contributed by atoms with Crippen molar-refractivity contribution in [3.8, 4) is 0 Å². The monoisotopic (exact) mass is 445 g/mol. The fraction of sp³-hybridized carbons (Fsp3) is 0.333. The number of aryl methyl sites for hydroxylation is 2. The molecule has 7 nitrogen and oxygen atoms in total. The van der Waals surface area contributed by atoms with Crippen LogP contribution < -0.4 is 10.9 Å². The van der Waals surface area contributed by atoms with Gasteiger partial charge >= 0.3 is 5.97 Å². The van der Waals surface area contributed by atoms with E-state index in [1.54, 1.807) is 11.5 Å². The molecule has 0 saturated carbocycles. The number of hydrogen-bond donors (Lipinski definition) is 1. The average molecular weight is 446 g/mol. The molecule has 0 radical (unpaired) electrons. The summed E-state index contributed by atoms with van der Waals surface area (Å²) < 4.78 is 6.46. The smallest absolute Gasteiger partial charge is 0.337 e. The summed E-state index contributed by atoms with van der Waals surface area (Å²) >= 11 is 7.39. The largest absolute Gasteiger partial charge is 0.465 e. The van der Waals surface area contributed by atoms with Crippen LogP contribution >= 0.6 is 22.9 Å². The van der Waals surface area contributed by atoms with Crippen LogP contribution in [0.4, 0.5) is 5.69 Å². The quantitative estimate of drug-likeness (QED) is 0.610. The number of ether oxygens (including phenoxy) is 1. The molecular weight excluding hydrogens is 426 g/mol. The molecule has 1 amide bonds. The second-order valence-electron chi connectivity index (χ2n) is 7.17. The highest BCUT2D eigenvalue weighted by atomic mass is 35.5. The molecule has 0 unspecified atom stereocenters. The lowest BCUT2D eigenvalue weighted by Crippen LogP contribution is -2.24. The second kappa shape index (κ2) is 8.20. The maximum Gasteiger partial charge on any atom is 0.337 e. The molecule has 1 N–H and O–H groups in total. The summed E-state index contributed by atoms with van der Waals surface area (Å²) in [4.78, 5) is 43.5. The number of nitrogens with one attached hydrogen (secondary N) is 1. The minimum Gasteiger partial charge on any atom is -0.465 e. The molecule has 4 rings (SSSR count). The van der Waals surface area contributed by atoms with E-state index in [1.807, 2.05) is 0 Å². The van der Waals surface area contributed by atoms with E-state index in [1.165, 1.54) is 36.6 Å². The molecule has 9 heteroatoms. The van der Waals surface area contributed by atoms with Gasteiger partial charge in [0.1, 0.15) is 10.7 Å². The number of fused-ring (bicyclic) bond motifs is 2. The topological polar surface area (TPSA) is 90.3 Å². The molecule has 1 aliphatic rings. The van der Waals surface area contributed by atoms with Crippen LogP contribution in [0.15, 0.2) is 23.0 Å². The number of aromatic nitrogens is 2. The third-order valence-corrected chi connectivity index (χ3v) is 6.77. The van der Waals surface area contributed by atoms with E-state index in [-0.39, 0.29) is 11.1 Å². The van der Waals surface area contributed by atoms with E-state index in [0.29, 0.717) is 37.9 Å². The van der Waals surface area contributed by atoms with Gasteiger partial charge in [0.05, 0.1) is 33.6 Å². The number of methoxy groups -OCH3 is 1. The normalized spacial score (nSPS) is 13.6. The number of anilines is 1. The van der Waals surface area contributed by atoms with Gasteiger partial charge in [-0.05, 0) is 43.5 Å². The number of halogens is 1. The first-order chi connectivity index (χ1) is 14.4. The van der Waals surface area contributed by atoms with Gasteiger partial charge in [-0.15, -0.1) is 11.3 Å². The Kier molecular flexibility index (Phi) is 5.62. The van der Waals surface area contributed by atoms with E-state index in [0.717, 1.165) is 31.5 Å². The Bertz CT molecular complexity index is 1230. The first-order valence-electron chi connectivity index (χ1n) is 9.62. The van der Waals surface area contributed by atoms with E-state index in [4.69, 9.17) is 16.3 Å². The van der Waals surface area contributed by atoms with Crippen LogP contribution in [0.1, 0.15) is 50.7 Å². The first kappa shape index (κ1) is 20.6. The van der Waals surface area contributed by atoms with E-state index < -0.39 is 11.9 Å². The van der Waals surface area contributed by atoms with Gasteiger partial charge < -0.3 is 10.1 Å². The van der Waals surface area contributed by atoms with Crippen LogP contribution in [0.5, 0.6) is 0 Å². The summed E-state index contributed by atoms with van der Waals surface area (Å²) in [6.07, 6.45) is 3.80. The Morgan fingerprint density at radius 3 is 2.83 bits per heavy atom. The Balaban J connectivity index is 1.73. The minimum absolute atomic E-state index is 0.0876. The maximum absolute atomic E-state index is 13.1. The highest BCUT2D eigenvalue weighted by Gasteiger charge is 2.23. The van der Waals surface area contributed by atoms with Gasteiger partial charge in [-0.25, -0.2) is 9.78 Å². The van der Waals surface area contributed by atoms with Crippen LogP contribution in [-0.2, 0) is 17.7 Å². The summed E-state index contributed by atoms with van der Waals surface area (Å²) in [5.74, 6) is -0.148. The van der Waals surface area contributed by atoms with Crippen molar-refractivity contribution >= 4 is 50.7 Å². The molecular formula is C21H20ClN3O4S. The van der Waals surface area contributed by atoms with Gasteiger partial charge in [-0.1, -0.05) is 18.0 Å². The molecule has 0 spiro atoms. The SMILES string of the molecule is COC(=O)c1ccc(Cl)c(NC(=O)c2sc3nc4n(c(=O)c3c2C)CCCCC4)c1. The Morgan fingerprint density at radius 2 is 2.07 bits per heavy atom. The van der Waals surface area contributed by atoms with Crippen molar-refractivity contribution in [3.63, 3.8) is 0 Å². The number of esters is 1. The highest BCUT2D eigenvalue weighted by Crippen LogP contribution is 2.30. The lowest BCUT2D eigenvalue weighted by Gasteiger charge is -2.09. The first-order valence-corrected chi connectivity index (χ1v) is 10.8. The van der Waals surface area contributed by atoms with Crippen LogP contribution in [0.3, 0.4) is 0 Å². The zero-order valence-electron chi connectivity index (χ0n) is 16.6. The van der Waals surface area contributed by atoms with Gasteiger partial charge in [-0.3, -0.25) is 14.2 Å². The third kappa shape index (κ3) is 3.61. The predicted molar refractivity (Wildman–Crippen MR) is 117 cm³/mol. The summed E-state index contributed by atoms with van der Waals surface area (Å²) in [7, 11) is 1.28. The predicted octanol–water partition coefficient (Wildman–Crippen LogP) is 4.19. The molecule has 3 aromatic rings. The molecule has 1 aromatic carbocycles. The van der Waals surface area contributed by atoms with Gasteiger partial charge in [0.2, 0.25) is 0 Å². The minimum atomic E-state index is -0.529. The van der Waals surface area contributed by atoms with Gasteiger partial charge in [-0.2, -0.15) is 0 Å². The lowest BCUT2D eigenvalue weighted by molar-refractivity contribution is 0.0600. The molecule has 0 fully saturated rings. The number of hydrogen-bond acceptors (Lipinski definition) is 6. The molecule has 1 aliphatic heterocycles. The molecule has 0 aliphatic carbocycles. The van der Waals surface area contributed by atoms with Crippen molar-refractivity contribution in [1.82, 2.24) is 9.55 Å². The number of carbonyl (C=O) groups excluding carboxylic acids is 2. The van der Waals surface area contributed by atoms with Gasteiger partial charge in [0.15, 0.2) is 0 Å². The molecule has 3 heterocycles. The van der Waals surface area contributed by atoms with Gasteiger partial charge in [0, 0.05) is 13.0 Å². The fourth-order valence-corrected chi connectivity index (χ4v) is 4.92. The summed E-state index contributed by atoms with van der Waals surface area (Å²) in [6, 6.07) is 4.50. The molecule has 0 saturated heterocycles. The average Bonchev–Trinajstić information content (AvgIpc) is 2.90. The zero-order valence-corrected chi connectivity index (χ0v) is 18.2. The zero-order chi connectivity index (χ0) is 21.4. The van der Waals surface area contributed by atoms with Crippen molar-refractivity contribution < 1.29 is 14.3 Å². The fourth-order valence-electron chi connectivity index (χ4n) is 3.67. The Hall–Kier alpha value is -2.71. The molecule has 30 heavy (non-hydrogen) atoms. The van der Waals surface area contributed by atoms with E-state index >= 15 is 0 Å². The standard InChI is InChI=1S/C21H20ClN3O4S/c1-11-16-19(24-15-6-4-3-5-9-25(15)20(16)27)30-17(11)18(26)23-14-10-12(21(28)29-2)7-8-13(14)22/h7-8,10H,3-6,9H2,1-2H3,(H,23,26). The van der Waals surface area contributed by atoms with Crippen molar-refractivity contribution in [2.24, 2.45) is 0 Å². The summed E-state index contributed by atoms with van der Waals surface area (Å²) in [6.45, 7) is 2.41. The van der Waals surface area contributed by atoms with Crippen molar-refractivity contribution in [2.45, 2.75) is 39.2 Å². The number of amides is 1. The molecule has 0 bridgehead atoms. The number of nitrogens with zero attached hydrogens (tertiary/aromatic N) is 2. The number of thiophene rings is 1. The van der Waals surface area contributed by atoms with Crippen LogP contribution in [0.2, 0.25) is 5.02 Å². The lowest BCUT2D eigenvalue weighted by atomic mass is 10.1. The number of carbonyl (C=O) groups is 2. The third-order valence-electron chi connectivity index (χ3n) is 5.25. The molecule has 156 valence electrons. The summed E-state index contributed by atoms with van der Waals surface area (Å²) in [5, 5.41) is 3.52.